The molecule has 2 bridgehead atoms. The van der Waals surface area contributed by atoms with Gasteiger partial charge in [-0.25, -0.2) is 0 Å². The van der Waals surface area contributed by atoms with Crippen LogP contribution in [0, 0.1) is 23.7 Å². The number of halogens is 1. The summed E-state index contributed by atoms with van der Waals surface area (Å²) in [6, 6.07) is 1.96. The van der Waals surface area contributed by atoms with Crippen LogP contribution in [-0.2, 0) is 16.1 Å². The van der Waals surface area contributed by atoms with E-state index in [0.29, 0.717) is 6.54 Å². The van der Waals surface area contributed by atoms with E-state index in [1.54, 1.807) is 11.3 Å². The molecule has 1 aromatic heterocycles. The molecule has 0 saturated heterocycles. The number of rotatable bonds is 4. The quantitative estimate of drug-likeness (QED) is 0.816. The van der Waals surface area contributed by atoms with Gasteiger partial charge < -0.3 is 10.4 Å². The highest BCUT2D eigenvalue weighted by atomic mass is 79.9. The lowest BCUT2D eigenvalue weighted by Crippen LogP contribution is -2.39. The summed E-state index contributed by atoms with van der Waals surface area (Å²) >= 11 is 4.94. The molecule has 4 atom stereocenters. The lowest BCUT2D eigenvalue weighted by atomic mass is 9.82. The zero-order valence-electron chi connectivity index (χ0n) is 10.6. The molecule has 1 saturated carbocycles. The van der Waals surface area contributed by atoms with Gasteiger partial charge >= 0.3 is 5.97 Å². The first-order valence-electron chi connectivity index (χ1n) is 6.48. The molecule has 0 aromatic carbocycles. The number of allylic oxidation sites excluding steroid dienone is 2. The van der Waals surface area contributed by atoms with E-state index in [1.165, 1.54) is 0 Å². The highest BCUT2D eigenvalue weighted by Gasteiger charge is 2.51. The van der Waals surface area contributed by atoms with Gasteiger partial charge in [-0.3, -0.25) is 9.59 Å². The number of carbonyl (C=O) groups excluding carboxylic acids is 1. The van der Waals surface area contributed by atoms with Crippen LogP contribution in [0.2, 0.25) is 0 Å². The van der Waals surface area contributed by atoms with Crippen LogP contribution in [-0.4, -0.2) is 17.0 Å². The van der Waals surface area contributed by atoms with E-state index in [9.17, 15) is 14.7 Å². The summed E-state index contributed by atoms with van der Waals surface area (Å²) < 4.78 is 0.998. The van der Waals surface area contributed by atoms with Crippen LogP contribution in [0.15, 0.2) is 28.1 Å². The molecular weight excluding hydrogens is 342 g/mol. The predicted molar refractivity (Wildman–Crippen MR) is 79.2 cm³/mol. The highest BCUT2D eigenvalue weighted by molar-refractivity contribution is 9.10. The molecule has 2 aliphatic carbocycles. The predicted octanol–water partition coefficient (Wildman–Crippen LogP) is 2.65. The third-order valence-electron chi connectivity index (χ3n) is 4.11. The monoisotopic (exact) mass is 355 g/mol. The molecule has 0 aliphatic heterocycles. The first-order valence-corrected chi connectivity index (χ1v) is 8.15. The summed E-state index contributed by atoms with van der Waals surface area (Å²) in [5.74, 6) is -1.90. The van der Waals surface area contributed by atoms with Crippen molar-refractivity contribution in [3.8, 4) is 0 Å². The Kier molecular flexibility index (Phi) is 3.69. The summed E-state index contributed by atoms with van der Waals surface area (Å²) in [5.41, 5.74) is 0. The van der Waals surface area contributed by atoms with Crippen molar-refractivity contribution in [2.24, 2.45) is 23.7 Å². The lowest BCUT2D eigenvalue weighted by Gasteiger charge is -2.23. The number of carboxylic acids is 1. The van der Waals surface area contributed by atoms with E-state index in [2.05, 4.69) is 21.2 Å². The molecule has 0 spiro atoms. The van der Waals surface area contributed by atoms with E-state index in [0.717, 1.165) is 15.8 Å². The topological polar surface area (TPSA) is 66.4 Å². The van der Waals surface area contributed by atoms with Crippen LogP contribution in [0.25, 0.3) is 0 Å². The second-order valence-corrected chi connectivity index (χ2v) is 7.20. The number of hydrogen-bond donors (Lipinski definition) is 2. The molecular formula is C14H14BrNO3S. The number of carboxylic acid groups (broad SMARTS) is 1. The third-order valence-corrected chi connectivity index (χ3v) is 5.80. The van der Waals surface area contributed by atoms with Crippen LogP contribution >= 0.6 is 27.3 Å². The fraction of sp³-hybridized carbons (Fsp3) is 0.429. The van der Waals surface area contributed by atoms with Crippen LogP contribution < -0.4 is 5.32 Å². The molecule has 2 aliphatic rings. The number of aliphatic carboxylic acids is 1. The van der Waals surface area contributed by atoms with Gasteiger partial charge in [0.05, 0.1) is 18.4 Å². The van der Waals surface area contributed by atoms with E-state index in [-0.39, 0.29) is 17.7 Å². The van der Waals surface area contributed by atoms with E-state index in [4.69, 9.17) is 0 Å². The van der Waals surface area contributed by atoms with E-state index >= 15 is 0 Å². The summed E-state index contributed by atoms with van der Waals surface area (Å²) in [6.45, 7) is 0.457. The van der Waals surface area contributed by atoms with Crippen molar-refractivity contribution in [2.75, 3.05) is 0 Å². The third kappa shape index (κ3) is 2.42. The number of fused-ring (bicyclic) bond motifs is 2. The minimum absolute atomic E-state index is 0.0177. The second-order valence-electron chi connectivity index (χ2n) is 5.29. The summed E-state index contributed by atoms with van der Waals surface area (Å²) in [5, 5.41) is 14.2. The van der Waals surface area contributed by atoms with Crippen molar-refractivity contribution < 1.29 is 14.7 Å². The molecule has 106 valence electrons. The van der Waals surface area contributed by atoms with Crippen molar-refractivity contribution in [3.63, 3.8) is 0 Å². The Labute approximate surface area is 129 Å². The standard InChI is InChI=1S/C14H14BrNO3S/c15-9-4-10(20-6-9)5-16-13(17)11-7-1-2-8(3-7)12(11)14(18)19/h1-2,4,6-8,11-12H,3,5H2,(H,16,17)(H,18,19)/t7?,8?,11-,12+/m0/s1. The first kappa shape index (κ1) is 13.8. The molecule has 2 N–H and O–H groups in total. The number of hydrogen-bond acceptors (Lipinski definition) is 3. The van der Waals surface area contributed by atoms with Gasteiger partial charge in [-0.2, -0.15) is 0 Å². The maximum atomic E-state index is 12.3. The SMILES string of the molecule is O=C(O)[C@@H]1C2C=CC(C2)[C@@H]1C(=O)NCc1cc(Br)cs1. The van der Waals surface area contributed by atoms with Gasteiger partial charge in [-0.05, 0) is 40.3 Å². The number of amides is 1. The van der Waals surface area contributed by atoms with Crippen LogP contribution in [0.5, 0.6) is 0 Å². The molecule has 2 unspecified atom stereocenters. The molecule has 6 heteroatoms. The minimum Gasteiger partial charge on any atom is -0.481 e. The maximum absolute atomic E-state index is 12.3. The Hall–Kier alpha value is -1.14. The van der Waals surface area contributed by atoms with Crippen LogP contribution in [0.4, 0.5) is 0 Å². The van der Waals surface area contributed by atoms with Crippen molar-refractivity contribution in [1.82, 2.24) is 5.32 Å². The molecule has 3 rings (SSSR count). The van der Waals surface area contributed by atoms with Crippen molar-refractivity contribution >= 4 is 39.1 Å². The molecule has 4 nitrogen and oxygen atoms in total. The van der Waals surface area contributed by atoms with Crippen LogP contribution in [0.3, 0.4) is 0 Å². The lowest BCUT2D eigenvalue weighted by molar-refractivity contribution is -0.147. The molecule has 1 aromatic rings. The molecule has 1 fully saturated rings. The van der Waals surface area contributed by atoms with Crippen molar-refractivity contribution in [3.05, 3.63) is 32.9 Å². The Morgan fingerprint density at radius 2 is 2.05 bits per heavy atom. The summed E-state index contributed by atoms with van der Waals surface area (Å²) in [4.78, 5) is 24.7. The first-order chi connectivity index (χ1) is 9.56. The van der Waals surface area contributed by atoms with Crippen molar-refractivity contribution in [1.29, 1.82) is 0 Å². The molecule has 0 radical (unpaired) electrons. The average molecular weight is 356 g/mol. The van der Waals surface area contributed by atoms with E-state index in [1.807, 2.05) is 23.6 Å². The van der Waals surface area contributed by atoms with Gasteiger partial charge in [0.25, 0.3) is 0 Å². The van der Waals surface area contributed by atoms with E-state index < -0.39 is 17.8 Å². The van der Waals surface area contributed by atoms with Gasteiger partial charge in [0.1, 0.15) is 0 Å². The smallest absolute Gasteiger partial charge is 0.307 e. The average Bonchev–Trinajstić information content (AvgIpc) is 3.10. The van der Waals surface area contributed by atoms with Crippen LogP contribution in [0.1, 0.15) is 11.3 Å². The number of nitrogens with one attached hydrogen (secondary N) is 1. The van der Waals surface area contributed by atoms with Gasteiger partial charge in [-0.1, -0.05) is 12.2 Å². The van der Waals surface area contributed by atoms with Gasteiger partial charge in [-0.15, -0.1) is 11.3 Å². The Balaban J connectivity index is 1.67. The maximum Gasteiger partial charge on any atom is 0.307 e. The summed E-state index contributed by atoms with van der Waals surface area (Å²) in [7, 11) is 0. The molecule has 20 heavy (non-hydrogen) atoms. The fourth-order valence-electron chi connectivity index (χ4n) is 3.25. The van der Waals surface area contributed by atoms with Gasteiger partial charge in [0.15, 0.2) is 0 Å². The minimum atomic E-state index is -0.860. The van der Waals surface area contributed by atoms with Gasteiger partial charge in [0, 0.05) is 14.7 Å². The zero-order chi connectivity index (χ0) is 14.3. The molecule has 1 heterocycles. The van der Waals surface area contributed by atoms with Crippen molar-refractivity contribution in [2.45, 2.75) is 13.0 Å². The Bertz CT molecular complexity index is 583. The largest absolute Gasteiger partial charge is 0.481 e. The van der Waals surface area contributed by atoms with Gasteiger partial charge in [0.2, 0.25) is 5.91 Å². The Morgan fingerprint density at radius 3 is 2.65 bits per heavy atom. The number of thiophene rings is 1. The second kappa shape index (κ2) is 5.33. The fourth-order valence-corrected chi connectivity index (χ4v) is 4.65. The molecule has 1 amide bonds. The zero-order valence-corrected chi connectivity index (χ0v) is 13.0. The summed E-state index contributed by atoms with van der Waals surface area (Å²) in [6.07, 6.45) is 4.74. The number of carbonyl (C=O) groups is 2. The normalized spacial score (nSPS) is 30.6. The Morgan fingerprint density at radius 1 is 1.35 bits per heavy atom. The highest BCUT2D eigenvalue weighted by Crippen LogP contribution is 2.48.